The van der Waals surface area contributed by atoms with Gasteiger partial charge in [0.2, 0.25) is 10.8 Å². The third kappa shape index (κ3) is 3.82. The van der Waals surface area contributed by atoms with Crippen LogP contribution < -0.4 is 10.3 Å². The molecule has 1 rings (SSSR count). The first kappa shape index (κ1) is 15.2. The molecule has 13 heteroatoms. The van der Waals surface area contributed by atoms with Gasteiger partial charge >= 0.3 is 12.0 Å². The summed E-state index contributed by atoms with van der Waals surface area (Å²) in [4.78, 5) is 21.5. The van der Waals surface area contributed by atoms with Gasteiger partial charge in [-0.25, -0.2) is 8.42 Å². The molecule has 0 aliphatic rings. The normalized spacial score (nSPS) is 12.2. The van der Waals surface area contributed by atoms with Crippen LogP contribution in [0.4, 0.5) is 18.9 Å². The van der Waals surface area contributed by atoms with E-state index in [1.807, 2.05) is 0 Å². The molecule has 0 radical (unpaired) electrons. The average molecular weight is 323 g/mol. The lowest BCUT2D eigenvalue weighted by atomic mass is 10.4. The largest absolute Gasteiger partial charge is 0.573 e. The molecule has 106 valence electrons. The van der Waals surface area contributed by atoms with Crippen LogP contribution in [-0.2, 0) is 9.05 Å². The molecule has 1 N–H and O–H groups in total. The Morgan fingerprint density at radius 3 is 2.32 bits per heavy atom. The van der Waals surface area contributed by atoms with Crippen LogP contribution in [0.25, 0.3) is 0 Å². The van der Waals surface area contributed by atoms with Crippen molar-refractivity contribution in [2.75, 3.05) is 0 Å². The third-order valence-corrected chi connectivity index (χ3v) is 2.84. The van der Waals surface area contributed by atoms with Crippen LogP contribution in [0, 0.1) is 10.1 Å². The summed E-state index contributed by atoms with van der Waals surface area (Å²) in [5.74, 6) is -1.72. The lowest BCUT2D eigenvalue weighted by Crippen LogP contribution is -2.22. The molecule has 0 fully saturated rings. The van der Waals surface area contributed by atoms with Crippen LogP contribution in [-0.4, -0.2) is 24.7 Å². The number of hydrogen-bond acceptors (Lipinski definition) is 6. The highest BCUT2D eigenvalue weighted by Gasteiger charge is 2.39. The Labute approximate surface area is 106 Å². The number of nitrogens with zero attached hydrogens (tertiary/aromatic N) is 1. The predicted octanol–water partition coefficient (Wildman–Crippen LogP) is 1.11. The number of halogens is 4. The van der Waals surface area contributed by atoms with Crippen molar-refractivity contribution in [3.05, 3.63) is 26.5 Å². The molecule has 1 aromatic heterocycles. The van der Waals surface area contributed by atoms with E-state index in [-0.39, 0.29) is 6.07 Å². The van der Waals surface area contributed by atoms with Gasteiger partial charge in [-0.1, -0.05) is 0 Å². The monoisotopic (exact) mass is 322 g/mol. The summed E-state index contributed by atoms with van der Waals surface area (Å²) in [6.07, 6.45) is -5.42. The van der Waals surface area contributed by atoms with Crippen molar-refractivity contribution < 1.29 is 31.2 Å². The second kappa shape index (κ2) is 4.70. The van der Waals surface area contributed by atoms with E-state index in [2.05, 4.69) is 4.74 Å². The number of rotatable bonds is 3. The Morgan fingerprint density at radius 2 is 1.95 bits per heavy atom. The molecule has 0 saturated carbocycles. The number of nitrogens with one attached hydrogen (secondary N) is 1. The van der Waals surface area contributed by atoms with Gasteiger partial charge in [-0.15, -0.1) is 13.2 Å². The van der Waals surface area contributed by atoms with Crippen LogP contribution in [0.15, 0.2) is 15.9 Å². The standard InChI is InChI=1S/C6H2ClF3N2O6S/c7-19(16,17)5-4(18-6(8,9)10)2(12(14)15)1-3(13)11-5/h1H,(H,11,13). The van der Waals surface area contributed by atoms with E-state index in [9.17, 15) is 36.5 Å². The number of H-pyrrole nitrogens is 1. The molecule has 1 heterocycles. The Bertz CT molecular complexity index is 681. The van der Waals surface area contributed by atoms with Crippen molar-refractivity contribution >= 4 is 25.4 Å². The second-order valence-corrected chi connectivity index (χ2v) is 5.42. The van der Waals surface area contributed by atoms with Crippen molar-refractivity contribution in [2.24, 2.45) is 0 Å². The summed E-state index contributed by atoms with van der Waals surface area (Å²) in [7, 11) is -0.124. The van der Waals surface area contributed by atoms with Crippen molar-refractivity contribution in [2.45, 2.75) is 11.4 Å². The highest BCUT2D eigenvalue weighted by molar-refractivity contribution is 8.13. The summed E-state index contributed by atoms with van der Waals surface area (Å²) in [6, 6.07) is 0.132. The maximum absolute atomic E-state index is 12.1. The molecule has 0 aliphatic carbocycles. The number of alkyl halides is 3. The topological polar surface area (TPSA) is 119 Å². The minimum Gasteiger partial charge on any atom is -0.395 e. The van der Waals surface area contributed by atoms with Crippen LogP contribution >= 0.6 is 10.7 Å². The van der Waals surface area contributed by atoms with Gasteiger partial charge < -0.3 is 9.72 Å². The van der Waals surface area contributed by atoms with Gasteiger partial charge in [0.05, 0.1) is 11.0 Å². The minimum absolute atomic E-state index is 0.132. The zero-order chi connectivity index (χ0) is 15.0. The number of pyridine rings is 1. The van der Waals surface area contributed by atoms with Gasteiger partial charge in [0.15, 0.2) is 0 Å². The molecule has 1 aromatic rings. The molecule has 0 atom stereocenters. The molecule has 0 saturated heterocycles. The second-order valence-electron chi connectivity index (χ2n) is 2.92. The smallest absolute Gasteiger partial charge is 0.395 e. The van der Waals surface area contributed by atoms with E-state index in [4.69, 9.17) is 10.7 Å². The lowest BCUT2D eigenvalue weighted by molar-refractivity contribution is -0.389. The molecule has 0 aliphatic heterocycles. The molecule has 0 spiro atoms. The van der Waals surface area contributed by atoms with Gasteiger partial charge in [-0.05, 0) is 0 Å². The SMILES string of the molecule is O=c1cc([N+](=O)[O-])c(OC(F)(F)F)c(S(=O)(=O)Cl)[nH]1. The van der Waals surface area contributed by atoms with E-state index >= 15 is 0 Å². The van der Waals surface area contributed by atoms with Gasteiger partial charge in [-0.2, -0.15) is 0 Å². The average Bonchev–Trinajstić information content (AvgIpc) is 2.16. The number of aromatic amines is 1. The summed E-state index contributed by atoms with van der Waals surface area (Å²) in [5.41, 5.74) is -2.82. The van der Waals surface area contributed by atoms with Gasteiger partial charge in [0.25, 0.3) is 14.6 Å². The summed E-state index contributed by atoms with van der Waals surface area (Å²) < 4.78 is 61.5. The van der Waals surface area contributed by atoms with Crippen molar-refractivity contribution in [1.82, 2.24) is 4.98 Å². The molecular weight excluding hydrogens is 321 g/mol. The number of ether oxygens (including phenoxy) is 1. The molecule has 0 amide bonds. The summed E-state index contributed by atoms with van der Waals surface area (Å²) in [6.45, 7) is 0. The van der Waals surface area contributed by atoms with Crippen LogP contribution in [0.2, 0.25) is 0 Å². The number of hydrogen-bond donors (Lipinski definition) is 1. The van der Waals surface area contributed by atoms with E-state index in [0.717, 1.165) is 0 Å². The molecule has 19 heavy (non-hydrogen) atoms. The van der Waals surface area contributed by atoms with Crippen molar-refractivity contribution in [3.63, 3.8) is 0 Å². The minimum atomic E-state index is -5.42. The van der Waals surface area contributed by atoms with Gasteiger partial charge in [0.1, 0.15) is 0 Å². The van der Waals surface area contributed by atoms with E-state index in [1.165, 1.54) is 4.98 Å². The number of nitro groups is 1. The molecule has 8 nitrogen and oxygen atoms in total. The lowest BCUT2D eigenvalue weighted by Gasteiger charge is -2.11. The van der Waals surface area contributed by atoms with Gasteiger partial charge in [-0.3, -0.25) is 14.9 Å². The summed E-state index contributed by atoms with van der Waals surface area (Å²) in [5, 5.41) is 8.96. The fourth-order valence-electron chi connectivity index (χ4n) is 1.03. The molecular formula is C6H2ClF3N2O6S. The highest BCUT2D eigenvalue weighted by Crippen LogP contribution is 2.36. The summed E-state index contributed by atoms with van der Waals surface area (Å²) >= 11 is 0. The predicted molar refractivity (Wildman–Crippen MR) is 53.4 cm³/mol. The molecule has 0 aromatic carbocycles. The van der Waals surface area contributed by atoms with Crippen molar-refractivity contribution in [1.29, 1.82) is 0 Å². The van der Waals surface area contributed by atoms with Crippen LogP contribution in [0.5, 0.6) is 5.75 Å². The first-order valence-corrected chi connectivity index (χ1v) is 6.35. The maximum Gasteiger partial charge on any atom is 0.573 e. The van der Waals surface area contributed by atoms with Crippen molar-refractivity contribution in [3.8, 4) is 5.75 Å². The highest BCUT2D eigenvalue weighted by atomic mass is 35.7. The zero-order valence-corrected chi connectivity index (χ0v) is 9.97. The first-order valence-electron chi connectivity index (χ1n) is 4.04. The van der Waals surface area contributed by atoms with Gasteiger partial charge in [0, 0.05) is 10.7 Å². The molecule has 0 bridgehead atoms. The Morgan fingerprint density at radius 1 is 1.42 bits per heavy atom. The first-order chi connectivity index (χ1) is 8.42. The fourth-order valence-corrected chi connectivity index (χ4v) is 1.95. The Hall–Kier alpha value is -1.82. The van der Waals surface area contributed by atoms with Crippen LogP contribution in [0.3, 0.4) is 0 Å². The van der Waals surface area contributed by atoms with Crippen LogP contribution in [0.1, 0.15) is 0 Å². The maximum atomic E-state index is 12.1. The molecule has 0 unspecified atom stereocenters. The Balaban J connectivity index is 3.72. The van der Waals surface area contributed by atoms with E-state index < -0.39 is 42.4 Å². The number of aromatic nitrogens is 1. The van der Waals surface area contributed by atoms with E-state index in [1.54, 1.807) is 0 Å². The quantitative estimate of drug-likeness (QED) is 0.505. The third-order valence-electron chi connectivity index (χ3n) is 1.60. The fraction of sp³-hybridized carbons (Fsp3) is 0.167. The zero-order valence-electron chi connectivity index (χ0n) is 8.39. The Kier molecular flexibility index (Phi) is 3.77. The van der Waals surface area contributed by atoms with E-state index in [0.29, 0.717) is 0 Å².